The molecule has 1 aliphatic rings. The second kappa shape index (κ2) is 9.77. The molecule has 1 atom stereocenters. The van der Waals surface area contributed by atoms with Crippen LogP contribution in [0.3, 0.4) is 0 Å². The third-order valence-corrected chi connectivity index (χ3v) is 5.71. The predicted octanol–water partition coefficient (Wildman–Crippen LogP) is 2.94. The zero-order chi connectivity index (χ0) is 21.7. The summed E-state index contributed by atoms with van der Waals surface area (Å²) in [4.78, 5) is 29.5. The minimum absolute atomic E-state index is 0.257. The highest BCUT2D eigenvalue weighted by Crippen LogP contribution is 2.35. The first-order chi connectivity index (χ1) is 14.5. The van der Waals surface area contributed by atoms with Crippen LogP contribution in [0.25, 0.3) is 0 Å². The van der Waals surface area contributed by atoms with Gasteiger partial charge in [0.05, 0.1) is 26.9 Å². The van der Waals surface area contributed by atoms with Crippen LogP contribution in [0.5, 0.6) is 17.2 Å². The van der Waals surface area contributed by atoms with Crippen molar-refractivity contribution in [3.05, 3.63) is 28.8 Å². The van der Waals surface area contributed by atoms with Crippen LogP contribution in [0.4, 0.5) is 5.13 Å². The van der Waals surface area contributed by atoms with E-state index >= 15 is 0 Å². The predicted molar refractivity (Wildman–Crippen MR) is 114 cm³/mol. The molecule has 30 heavy (non-hydrogen) atoms. The van der Waals surface area contributed by atoms with Crippen molar-refractivity contribution >= 4 is 28.3 Å². The maximum atomic E-state index is 12.8. The first-order valence-corrected chi connectivity index (χ1v) is 10.5. The number of hydrogen-bond donors (Lipinski definition) is 2. The van der Waals surface area contributed by atoms with Gasteiger partial charge < -0.3 is 14.2 Å². The number of amides is 2. The van der Waals surface area contributed by atoms with Crippen LogP contribution in [-0.2, 0) is 0 Å². The van der Waals surface area contributed by atoms with Gasteiger partial charge >= 0.3 is 0 Å². The number of anilines is 1. The molecule has 0 bridgehead atoms. The molecular weight excluding hydrogens is 408 g/mol. The molecule has 3 rings (SSSR count). The van der Waals surface area contributed by atoms with Crippen molar-refractivity contribution < 1.29 is 23.8 Å². The Kier molecular flexibility index (Phi) is 7.11. The molecule has 9 nitrogen and oxygen atoms in total. The molecule has 0 aliphatic carbocycles. The molecule has 0 saturated carbocycles. The van der Waals surface area contributed by atoms with Crippen LogP contribution in [0, 0.1) is 0 Å². The van der Waals surface area contributed by atoms with E-state index in [1.807, 2.05) is 5.01 Å². The van der Waals surface area contributed by atoms with Gasteiger partial charge in [0.2, 0.25) is 0 Å². The Hall–Kier alpha value is -2.85. The van der Waals surface area contributed by atoms with E-state index in [1.165, 1.54) is 45.2 Å². The van der Waals surface area contributed by atoms with Gasteiger partial charge in [-0.2, -0.15) is 0 Å². The minimum atomic E-state index is -0.432. The molecule has 2 N–H and O–H groups in total. The lowest BCUT2D eigenvalue weighted by Crippen LogP contribution is -2.49. The van der Waals surface area contributed by atoms with Gasteiger partial charge in [-0.05, 0) is 19.8 Å². The highest BCUT2D eigenvalue weighted by Gasteiger charge is 2.23. The zero-order valence-corrected chi connectivity index (χ0v) is 18.3. The van der Waals surface area contributed by atoms with Gasteiger partial charge in [-0.15, -0.1) is 11.3 Å². The van der Waals surface area contributed by atoms with Gasteiger partial charge in [-0.25, -0.2) is 9.99 Å². The maximum absolute atomic E-state index is 12.8. The summed E-state index contributed by atoms with van der Waals surface area (Å²) in [5.74, 6) is 0.464. The van der Waals surface area contributed by atoms with E-state index in [2.05, 4.69) is 22.7 Å². The molecule has 2 heterocycles. The number of piperidine rings is 1. The fourth-order valence-corrected chi connectivity index (χ4v) is 3.94. The molecule has 0 spiro atoms. The zero-order valence-electron chi connectivity index (χ0n) is 17.5. The van der Waals surface area contributed by atoms with E-state index in [0.29, 0.717) is 22.4 Å². The Morgan fingerprint density at radius 3 is 2.43 bits per heavy atom. The van der Waals surface area contributed by atoms with E-state index < -0.39 is 5.91 Å². The van der Waals surface area contributed by atoms with Crippen molar-refractivity contribution in [1.82, 2.24) is 15.4 Å². The summed E-state index contributed by atoms with van der Waals surface area (Å²) in [6, 6.07) is 3.40. The summed E-state index contributed by atoms with van der Waals surface area (Å²) >= 11 is 1.18. The number of carbonyl (C=O) groups excluding carboxylic acids is 2. The molecule has 1 aliphatic heterocycles. The number of hydrazine groups is 1. The lowest BCUT2D eigenvalue weighted by molar-refractivity contribution is 0.0608. The Bertz CT molecular complexity index is 917. The third kappa shape index (κ3) is 4.82. The number of ether oxygens (including phenoxy) is 3. The fraction of sp³-hybridized carbons (Fsp3) is 0.450. The second-order valence-electron chi connectivity index (χ2n) is 6.88. The van der Waals surface area contributed by atoms with Gasteiger partial charge in [-0.3, -0.25) is 20.3 Å². The van der Waals surface area contributed by atoms with Crippen molar-refractivity contribution in [2.24, 2.45) is 0 Å². The quantitative estimate of drug-likeness (QED) is 0.691. The first kappa shape index (κ1) is 21.8. The minimum Gasteiger partial charge on any atom is -0.496 e. The Labute approximate surface area is 179 Å². The SMILES string of the molecule is COc1cc(OC)c(C(=O)Nc2nc(C(=O)NN3CCCCC3C)cs2)cc1OC. The Morgan fingerprint density at radius 2 is 1.77 bits per heavy atom. The van der Waals surface area contributed by atoms with E-state index in [1.54, 1.807) is 11.4 Å². The topological polar surface area (TPSA) is 102 Å². The maximum Gasteiger partial charge on any atom is 0.285 e. The number of carbonyl (C=O) groups is 2. The molecule has 1 unspecified atom stereocenters. The number of rotatable bonds is 7. The molecule has 162 valence electrons. The van der Waals surface area contributed by atoms with E-state index in [0.717, 1.165) is 19.4 Å². The smallest absolute Gasteiger partial charge is 0.285 e. The molecule has 1 aromatic carbocycles. The number of nitrogens with one attached hydrogen (secondary N) is 2. The lowest BCUT2D eigenvalue weighted by atomic mass is 10.1. The van der Waals surface area contributed by atoms with Gasteiger partial charge in [-0.1, -0.05) is 6.42 Å². The lowest BCUT2D eigenvalue weighted by Gasteiger charge is -2.32. The van der Waals surface area contributed by atoms with E-state index in [9.17, 15) is 9.59 Å². The molecular formula is C20H26N4O5S. The number of methoxy groups -OCH3 is 3. The monoisotopic (exact) mass is 434 g/mol. The van der Waals surface area contributed by atoms with E-state index in [4.69, 9.17) is 14.2 Å². The number of aromatic nitrogens is 1. The van der Waals surface area contributed by atoms with Crippen molar-refractivity contribution in [3.63, 3.8) is 0 Å². The van der Waals surface area contributed by atoms with Gasteiger partial charge in [0.1, 0.15) is 11.4 Å². The Balaban J connectivity index is 1.71. The number of benzene rings is 1. The fourth-order valence-electron chi connectivity index (χ4n) is 3.26. The standard InChI is InChI=1S/C20H26N4O5S/c1-12-7-5-6-8-24(12)23-19(26)14-11-30-20(21-14)22-18(25)13-9-16(28-3)17(29-4)10-15(13)27-2/h9-12H,5-8H2,1-4H3,(H,23,26)(H,21,22,25). The average Bonchev–Trinajstić information content (AvgIpc) is 3.22. The molecule has 2 amide bonds. The molecule has 0 radical (unpaired) electrons. The Morgan fingerprint density at radius 1 is 1.07 bits per heavy atom. The summed E-state index contributed by atoms with van der Waals surface area (Å²) < 4.78 is 15.8. The second-order valence-corrected chi connectivity index (χ2v) is 7.74. The largest absolute Gasteiger partial charge is 0.496 e. The molecule has 1 saturated heterocycles. The van der Waals surface area contributed by atoms with Crippen LogP contribution in [-0.4, -0.2) is 55.7 Å². The molecule has 2 aromatic rings. The average molecular weight is 435 g/mol. The van der Waals surface area contributed by atoms with Crippen LogP contribution in [0.2, 0.25) is 0 Å². The van der Waals surface area contributed by atoms with Crippen molar-refractivity contribution in [1.29, 1.82) is 0 Å². The highest BCUT2D eigenvalue weighted by atomic mass is 32.1. The van der Waals surface area contributed by atoms with Gasteiger partial charge in [0.25, 0.3) is 11.8 Å². The van der Waals surface area contributed by atoms with Crippen molar-refractivity contribution in [2.75, 3.05) is 33.2 Å². The van der Waals surface area contributed by atoms with Crippen LogP contribution < -0.4 is 25.0 Å². The number of thiazole rings is 1. The van der Waals surface area contributed by atoms with Crippen molar-refractivity contribution in [3.8, 4) is 17.2 Å². The van der Waals surface area contributed by atoms with Crippen LogP contribution >= 0.6 is 11.3 Å². The van der Waals surface area contributed by atoms with Gasteiger partial charge in [0, 0.05) is 30.1 Å². The summed E-state index contributed by atoms with van der Waals surface area (Å²) in [5.41, 5.74) is 3.42. The summed E-state index contributed by atoms with van der Waals surface area (Å²) in [6.07, 6.45) is 3.27. The number of hydrogen-bond acceptors (Lipinski definition) is 8. The van der Waals surface area contributed by atoms with Crippen LogP contribution in [0.15, 0.2) is 17.5 Å². The third-order valence-electron chi connectivity index (χ3n) is 4.96. The highest BCUT2D eigenvalue weighted by molar-refractivity contribution is 7.14. The summed E-state index contributed by atoms with van der Waals surface area (Å²) in [5, 5.41) is 6.58. The van der Waals surface area contributed by atoms with E-state index in [-0.39, 0.29) is 23.2 Å². The summed E-state index contributed by atoms with van der Waals surface area (Å²) in [7, 11) is 4.45. The first-order valence-electron chi connectivity index (χ1n) is 9.61. The normalized spacial score (nSPS) is 16.6. The molecule has 1 fully saturated rings. The van der Waals surface area contributed by atoms with Crippen molar-refractivity contribution in [2.45, 2.75) is 32.2 Å². The van der Waals surface area contributed by atoms with Gasteiger partial charge in [0.15, 0.2) is 16.6 Å². The van der Waals surface area contributed by atoms with Crippen LogP contribution in [0.1, 0.15) is 47.0 Å². The number of nitrogens with zero attached hydrogens (tertiary/aromatic N) is 2. The molecule has 10 heteroatoms. The molecule has 1 aromatic heterocycles. The summed E-state index contributed by atoms with van der Waals surface area (Å²) in [6.45, 7) is 2.91.